The molecule has 0 saturated carbocycles. The van der Waals surface area contributed by atoms with Crippen molar-refractivity contribution in [2.24, 2.45) is 10.9 Å². The van der Waals surface area contributed by atoms with E-state index in [0.717, 1.165) is 5.56 Å². The smallest absolute Gasteiger partial charge is 0.143 e. The number of rotatable bonds is 2. The maximum atomic E-state index is 10.1. The van der Waals surface area contributed by atoms with E-state index >= 15 is 0 Å². The summed E-state index contributed by atoms with van der Waals surface area (Å²) in [5, 5.41) is 16.5. The highest BCUT2D eigenvalue weighted by Gasteiger charge is 2.15. The van der Waals surface area contributed by atoms with Crippen molar-refractivity contribution in [2.75, 3.05) is 0 Å². The molecule has 3 nitrogen and oxygen atoms in total. The van der Waals surface area contributed by atoms with Crippen LogP contribution in [0.2, 0.25) is 10.0 Å². The fraction of sp³-hybridized carbons (Fsp3) is 0.0833. The molecule has 0 aliphatic rings. The first-order chi connectivity index (χ1) is 8.54. The van der Waals surface area contributed by atoms with Crippen molar-refractivity contribution in [1.82, 2.24) is 0 Å². The van der Waals surface area contributed by atoms with Gasteiger partial charge in [-0.3, -0.25) is 0 Å². The number of nitrogens with two attached hydrogens (primary N) is 1. The van der Waals surface area contributed by atoms with Crippen LogP contribution in [0.5, 0.6) is 5.75 Å². The maximum Gasteiger partial charge on any atom is 0.143 e. The molecule has 0 atom stereocenters. The molecule has 0 unspecified atom stereocenters. The van der Waals surface area contributed by atoms with E-state index in [1.807, 2.05) is 0 Å². The second-order valence-corrected chi connectivity index (χ2v) is 5.36. The maximum absolute atomic E-state index is 10.1. The molecule has 19 heavy (non-hydrogen) atoms. The van der Waals surface area contributed by atoms with Gasteiger partial charge in [-0.2, -0.15) is 5.10 Å². The Bertz CT molecular complexity index is 625. The number of hydrazone groups is 1. The molecule has 1 aromatic heterocycles. The van der Waals surface area contributed by atoms with Crippen molar-refractivity contribution in [3.8, 4) is 16.2 Å². The van der Waals surface area contributed by atoms with Gasteiger partial charge in [0.2, 0.25) is 0 Å². The number of benzene rings is 1. The normalized spacial score (nSPS) is 11.2. The van der Waals surface area contributed by atoms with Crippen molar-refractivity contribution < 1.29 is 5.11 Å². The van der Waals surface area contributed by atoms with E-state index in [4.69, 9.17) is 29.0 Å². The summed E-state index contributed by atoms with van der Waals surface area (Å²) >= 11 is 13.2. The van der Waals surface area contributed by atoms with Crippen LogP contribution in [0, 0.1) is 0 Å². The Morgan fingerprint density at radius 1 is 1.32 bits per heavy atom. The Kier molecular flexibility index (Phi) is 5.50. The minimum atomic E-state index is 0. The third-order valence-electron chi connectivity index (χ3n) is 2.53. The van der Waals surface area contributed by atoms with Gasteiger partial charge in [0.25, 0.3) is 0 Å². The van der Waals surface area contributed by atoms with Gasteiger partial charge in [-0.15, -0.1) is 23.7 Å². The zero-order valence-corrected chi connectivity index (χ0v) is 13.0. The highest BCUT2D eigenvalue weighted by atomic mass is 35.5. The first-order valence-corrected chi connectivity index (χ1v) is 6.69. The molecule has 2 rings (SSSR count). The molecule has 102 valence electrons. The van der Waals surface area contributed by atoms with Gasteiger partial charge < -0.3 is 10.9 Å². The second-order valence-electron chi connectivity index (χ2n) is 3.67. The van der Waals surface area contributed by atoms with Crippen LogP contribution < -0.4 is 5.84 Å². The fourth-order valence-electron chi connectivity index (χ4n) is 1.52. The Labute approximate surface area is 131 Å². The Morgan fingerprint density at radius 3 is 2.58 bits per heavy atom. The largest absolute Gasteiger partial charge is 0.506 e. The highest BCUT2D eigenvalue weighted by Crippen LogP contribution is 2.40. The summed E-state index contributed by atoms with van der Waals surface area (Å²) in [6.07, 6.45) is 0. The van der Waals surface area contributed by atoms with Gasteiger partial charge in [-0.25, -0.2) is 0 Å². The molecular formula is C12H11Cl3N2OS. The van der Waals surface area contributed by atoms with Crippen LogP contribution in [0.15, 0.2) is 28.7 Å². The molecule has 0 spiro atoms. The van der Waals surface area contributed by atoms with E-state index in [2.05, 4.69) is 5.10 Å². The van der Waals surface area contributed by atoms with Gasteiger partial charge in [0, 0.05) is 5.38 Å². The SMILES string of the molecule is CC(=NN)c1csc(-c2ccc(Cl)c(Cl)c2)c1O.Cl. The summed E-state index contributed by atoms with van der Waals surface area (Å²) in [5.41, 5.74) is 2.02. The highest BCUT2D eigenvalue weighted by molar-refractivity contribution is 7.14. The molecule has 1 aromatic carbocycles. The van der Waals surface area contributed by atoms with E-state index in [0.29, 0.717) is 26.2 Å². The van der Waals surface area contributed by atoms with E-state index in [-0.39, 0.29) is 18.2 Å². The third-order valence-corrected chi connectivity index (χ3v) is 4.29. The molecule has 0 saturated heterocycles. The quantitative estimate of drug-likeness (QED) is 0.480. The Hall–Kier alpha value is -0.940. The van der Waals surface area contributed by atoms with Crippen LogP contribution in [0.3, 0.4) is 0 Å². The predicted octanol–water partition coefficient (Wildman–Crippen LogP) is 4.53. The van der Waals surface area contributed by atoms with Crippen molar-refractivity contribution in [3.63, 3.8) is 0 Å². The third kappa shape index (κ3) is 3.15. The van der Waals surface area contributed by atoms with Gasteiger partial charge in [0.1, 0.15) is 5.75 Å². The van der Waals surface area contributed by atoms with Gasteiger partial charge >= 0.3 is 0 Å². The summed E-state index contributed by atoms with van der Waals surface area (Å²) in [6.45, 7) is 1.74. The summed E-state index contributed by atoms with van der Waals surface area (Å²) < 4.78 is 0. The van der Waals surface area contributed by atoms with Crippen molar-refractivity contribution in [3.05, 3.63) is 39.2 Å². The molecule has 0 radical (unpaired) electrons. The zero-order valence-electron chi connectivity index (χ0n) is 9.85. The molecule has 0 fully saturated rings. The second kappa shape index (κ2) is 6.48. The minimum absolute atomic E-state index is 0. The van der Waals surface area contributed by atoms with Crippen LogP contribution in [-0.2, 0) is 0 Å². The first-order valence-electron chi connectivity index (χ1n) is 5.05. The van der Waals surface area contributed by atoms with Gasteiger partial charge in [0.05, 0.1) is 26.2 Å². The van der Waals surface area contributed by atoms with Crippen LogP contribution >= 0.6 is 46.9 Å². The van der Waals surface area contributed by atoms with Crippen LogP contribution in [0.25, 0.3) is 10.4 Å². The molecule has 7 heteroatoms. The Morgan fingerprint density at radius 2 is 2.00 bits per heavy atom. The van der Waals surface area contributed by atoms with E-state index in [1.54, 1.807) is 30.5 Å². The van der Waals surface area contributed by atoms with Crippen LogP contribution in [0.1, 0.15) is 12.5 Å². The lowest BCUT2D eigenvalue weighted by Crippen LogP contribution is -1.96. The van der Waals surface area contributed by atoms with Crippen molar-refractivity contribution in [2.45, 2.75) is 6.92 Å². The molecule has 0 bridgehead atoms. The van der Waals surface area contributed by atoms with Crippen LogP contribution in [-0.4, -0.2) is 10.8 Å². The summed E-state index contributed by atoms with van der Waals surface area (Å²) in [7, 11) is 0. The fourth-order valence-corrected chi connectivity index (χ4v) is 2.82. The summed E-state index contributed by atoms with van der Waals surface area (Å²) in [6, 6.07) is 5.22. The van der Waals surface area contributed by atoms with E-state index < -0.39 is 0 Å². The predicted molar refractivity (Wildman–Crippen MR) is 85.1 cm³/mol. The molecule has 2 aromatic rings. The minimum Gasteiger partial charge on any atom is -0.506 e. The Balaban J connectivity index is 0.00000180. The van der Waals surface area contributed by atoms with Gasteiger partial charge in [-0.1, -0.05) is 29.3 Å². The molecule has 0 amide bonds. The number of hydrogen-bond acceptors (Lipinski definition) is 4. The average Bonchev–Trinajstić information content (AvgIpc) is 2.74. The summed E-state index contributed by atoms with van der Waals surface area (Å²) in [5.74, 6) is 5.37. The molecule has 1 heterocycles. The zero-order chi connectivity index (χ0) is 13.3. The monoisotopic (exact) mass is 336 g/mol. The number of nitrogens with zero attached hydrogens (tertiary/aromatic N) is 1. The molecule has 3 N–H and O–H groups in total. The number of halogens is 3. The van der Waals surface area contributed by atoms with E-state index in [1.165, 1.54) is 11.3 Å². The van der Waals surface area contributed by atoms with Crippen molar-refractivity contribution >= 4 is 52.7 Å². The lowest BCUT2D eigenvalue weighted by molar-refractivity contribution is 0.478. The average molecular weight is 338 g/mol. The summed E-state index contributed by atoms with van der Waals surface area (Å²) in [4.78, 5) is 0.714. The molecule has 0 aliphatic carbocycles. The topological polar surface area (TPSA) is 58.6 Å². The first kappa shape index (κ1) is 16.1. The number of hydrogen-bond donors (Lipinski definition) is 2. The number of aromatic hydroxyl groups is 1. The van der Waals surface area contributed by atoms with E-state index in [9.17, 15) is 5.11 Å². The van der Waals surface area contributed by atoms with Crippen LogP contribution in [0.4, 0.5) is 0 Å². The molecule has 0 aliphatic heterocycles. The van der Waals surface area contributed by atoms with Gasteiger partial charge in [-0.05, 0) is 24.6 Å². The van der Waals surface area contributed by atoms with Gasteiger partial charge in [0.15, 0.2) is 0 Å². The lowest BCUT2D eigenvalue weighted by atomic mass is 10.1. The number of thiophene rings is 1. The van der Waals surface area contributed by atoms with Crippen molar-refractivity contribution in [1.29, 1.82) is 0 Å². The molecular weight excluding hydrogens is 327 g/mol. The standard InChI is InChI=1S/C12H10Cl2N2OS.ClH/c1-6(16-15)8-5-18-12(11(8)17)7-2-3-9(13)10(14)4-7;/h2-5,17H,15H2,1H3;1H. The lowest BCUT2D eigenvalue weighted by Gasteiger charge is -2.02.